The van der Waals surface area contributed by atoms with Crippen molar-refractivity contribution in [1.82, 2.24) is 5.32 Å². The molecule has 0 radical (unpaired) electrons. The third-order valence-electron chi connectivity index (χ3n) is 4.91. The van der Waals surface area contributed by atoms with Crippen molar-refractivity contribution in [1.29, 1.82) is 0 Å². The van der Waals surface area contributed by atoms with Crippen LogP contribution in [-0.2, 0) is 23.7 Å². The lowest BCUT2D eigenvalue weighted by atomic mass is 10.00. The molecular weight excluding hydrogens is 414 g/mol. The van der Waals surface area contributed by atoms with Crippen molar-refractivity contribution < 1.29 is 33.3 Å². The maximum atomic E-state index is 12.7. The van der Waals surface area contributed by atoms with E-state index in [9.17, 15) is 14.4 Å². The Hall–Kier alpha value is -3.23. The summed E-state index contributed by atoms with van der Waals surface area (Å²) in [5.41, 5.74) is 0.786. The van der Waals surface area contributed by atoms with Crippen molar-refractivity contribution in [2.24, 2.45) is 0 Å². The van der Waals surface area contributed by atoms with Crippen LogP contribution in [0.25, 0.3) is 0 Å². The number of benzene rings is 2. The summed E-state index contributed by atoms with van der Waals surface area (Å²) >= 11 is 0. The van der Waals surface area contributed by atoms with Gasteiger partial charge in [-0.15, -0.1) is 0 Å². The van der Waals surface area contributed by atoms with E-state index in [-0.39, 0.29) is 18.9 Å². The molecule has 8 nitrogen and oxygen atoms in total. The zero-order valence-electron chi connectivity index (χ0n) is 18.1. The molecule has 1 saturated heterocycles. The lowest BCUT2D eigenvalue weighted by molar-refractivity contribution is -0.239. The number of hydrogen-bond donors (Lipinski definition) is 1. The Morgan fingerprint density at radius 2 is 1.56 bits per heavy atom. The Kier molecular flexibility index (Phi) is 8.35. The van der Waals surface area contributed by atoms with Crippen LogP contribution in [0.4, 0.5) is 0 Å². The van der Waals surface area contributed by atoms with Crippen LogP contribution in [0.2, 0.25) is 0 Å². The molecule has 0 aromatic heterocycles. The molecule has 0 aliphatic carbocycles. The average molecular weight is 441 g/mol. The fourth-order valence-corrected chi connectivity index (χ4v) is 3.44. The van der Waals surface area contributed by atoms with Crippen molar-refractivity contribution in [2.75, 3.05) is 13.2 Å². The molecular formula is C24H27NO7. The van der Waals surface area contributed by atoms with Crippen molar-refractivity contribution in [3.05, 3.63) is 71.8 Å². The van der Waals surface area contributed by atoms with Gasteiger partial charge >= 0.3 is 11.9 Å². The van der Waals surface area contributed by atoms with E-state index < -0.39 is 36.5 Å². The van der Waals surface area contributed by atoms with Gasteiger partial charge in [-0.05, 0) is 31.2 Å². The first kappa shape index (κ1) is 23.4. The van der Waals surface area contributed by atoms with E-state index in [1.807, 2.05) is 0 Å². The third-order valence-corrected chi connectivity index (χ3v) is 4.91. The molecule has 4 atom stereocenters. The van der Waals surface area contributed by atoms with Crippen LogP contribution in [0.3, 0.4) is 0 Å². The van der Waals surface area contributed by atoms with Crippen molar-refractivity contribution in [3.63, 3.8) is 0 Å². The molecule has 0 bridgehead atoms. The summed E-state index contributed by atoms with van der Waals surface area (Å²) in [6, 6.07) is 16.6. The molecule has 1 aliphatic heterocycles. The second-order valence-corrected chi connectivity index (χ2v) is 7.32. The SMILES string of the molecule is CCO[C@H]1O[C@@H](COC(=O)c2ccccc2)[C@@H](OC(=O)c2ccccc2)C[C@@H]1NC(C)=O. The first-order chi connectivity index (χ1) is 15.5. The van der Waals surface area contributed by atoms with Gasteiger partial charge in [0.15, 0.2) is 6.29 Å². The third kappa shape index (κ3) is 6.38. The van der Waals surface area contributed by atoms with Crippen LogP contribution < -0.4 is 5.32 Å². The maximum Gasteiger partial charge on any atom is 0.338 e. The predicted molar refractivity (Wildman–Crippen MR) is 115 cm³/mol. The van der Waals surface area contributed by atoms with Gasteiger partial charge in [-0.2, -0.15) is 0 Å². The average Bonchev–Trinajstić information content (AvgIpc) is 2.80. The maximum absolute atomic E-state index is 12.7. The molecule has 3 rings (SSSR count). The van der Waals surface area contributed by atoms with Crippen LogP contribution in [0.1, 0.15) is 41.0 Å². The van der Waals surface area contributed by atoms with Crippen molar-refractivity contribution in [2.45, 2.75) is 44.8 Å². The second-order valence-electron chi connectivity index (χ2n) is 7.32. The number of hydrogen-bond acceptors (Lipinski definition) is 7. The number of carbonyl (C=O) groups excluding carboxylic acids is 3. The summed E-state index contributed by atoms with van der Waals surface area (Å²) in [7, 11) is 0. The molecule has 0 spiro atoms. The summed E-state index contributed by atoms with van der Waals surface area (Å²) in [5.74, 6) is -1.31. The van der Waals surface area contributed by atoms with Gasteiger partial charge < -0.3 is 24.3 Å². The number of carbonyl (C=O) groups is 3. The van der Waals surface area contributed by atoms with Gasteiger partial charge in [-0.25, -0.2) is 9.59 Å². The summed E-state index contributed by atoms with van der Waals surface area (Å²) < 4.78 is 22.8. The molecule has 0 saturated carbocycles. The Morgan fingerprint density at radius 1 is 0.969 bits per heavy atom. The molecule has 1 fully saturated rings. The van der Waals surface area contributed by atoms with E-state index in [0.717, 1.165) is 0 Å². The van der Waals surface area contributed by atoms with Crippen LogP contribution in [0.15, 0.2) is 60.7 Å². The first-order valence-corrected chi connectivity index (χ1v) is 10.5. The number of esters is 2. The van der Waals surface area contributed by atoms with E-state index in [4.69, 9.17) is 18.9 Å². The van der Waals surface area contributed by atoms with Gasteiger partial charge in [0.1, 0.15) is 18.8 Å². The van der Waals surface area contributed by atoms with E-state index in [0.29, 0.717) is 17.7 Å². The summed E-state index contributed by atoms with van der Waals surface area (Å²) in [6.45, 7) is 3.41. The zero-order chi connectivity index (χ0) is 22.9. The van der Waals surface area contributed by atoms with Crippen LogP contribution in [0, 0.1) is 0 Å². The van der Waals surface area contributed by atoms with Crippen molar-refractivity contribution >= 4 is 17.8 Å². The highest BCUT2D eigenvalue weighted by atomic mass is 16.7. The Bertz CT molecular complexity index is 903. The first-order valence-electron chi connectivity index (χ1n) is 10.5. The summed E-state index contributed by atoms with van der Waals surface area (Å²) in [5, 5.41) is 2.78. The lowest BCUT2D eigenvalue weighted by Gasteiger charge is -2.40. The molecule has 1 N–H and O–H groups in total. The highest BCUT2D eigenvalue weighted by Gasteiger charge is 2.42. The van der Waals surface area contributed by atoms with Crippen LogP contribution in [0.5, 0.6) is 0 Å². The van der Waals surface area contributed by atoms with Gasteiger partial charge in [-0.3, -0.25) is 4.79 Å². The number of rotatable bonds is 8. The summed E-state index contributed by atoms with van der Waals surface area (Å²) in [6.07, 6.45) is -2.05. The topological polar surface area (TPSA) is 100 Å². The van der Waals surface area contributed by atoms with Gasteiger partial charge in [0, 0.05) is 20.0 Å². The zero-order valence-corrected chi connectivity index (χ0v) is 18.1. The van der Waals surface area contributed by atoms with Gasteiger partial charge in [-0.1, -0.05) is 36.4 Å². The number of amides is 1. The number of ether oxygens (including phenoxy) is 4. The monoisotopic (exact) mass is 441 g/mol. The van der Waals surface area contributed by atoms with Crippen LogP contribution >= 0.6 is 0 Å². The molecule has 1 amide bonds. The van der Waals surface area contributed by atoms with Crippen LogP contribution in [-0.4, -0.2) is 55.6 Å². The van der Waals surface area contributed by atoms with Gasteiger partial charge in [0.05, 0.1) is 17.2 Å². The molecule has 2 aromatic carbocycles. The lowest BCUT2D eigenvalue weighted by Crippen LogP contribution is -2.57. The molecule has 0 unspecified atom stereocenters. The molecule has 170 valence electrons. The molecule has 8 heteroatoms. The molecule has 32 heavy (non-hydrogen) atoms. The fourth-order valence-electron chi connectivity index (χ4n) is 3.44. The minimum atomic E-state index is -0.768. The quantitative estimate of drug-likeness (QED) is 0.629. The molecule has 1 heterocycles. The standard InChI is InChI=1S/C24H27NO7/c1-3-29-24-19(25-16(2)26)14-20(31-23(28)18-12-8-5-9-13-18)21(32-24)15-30-22(27)17-10-6-4-7-11-17/h4-13,19-21,24H,3,14-15H2,1-2H3,(H,25,26)/t19-,20-,21-,24-/m0/s1. The Morgan fingerprint density at radius 3 is 2.12 bits per heavy atom. The molecule has 1 aliphatic rings. The fraction of sp³-hybridized carbons (Fsp3) is 0.375. The largest absolute Gasteiger partial charge is 0.459 e. The minimum Gasteiger partial charge on any atom is -0.459 e. The second kappa shape index (κ2) is 11.4. The van der Waals surface area contributed by atoms with E-state index in [1.165, 1.54) is 6.92 Å². The predicted octanol–water partition coefficient (Wildman–Crippen LogP) is 2.73. The van der Waals surface area contributed by atoms with Crippen molar-refractivity contribution in [3.8, 4) is 0 Å². The smallest absolute Gasteiger partial charge is 0.338 e. The highest BCUT2D eigenvalue weighted by molar-refractivity contribution is 5.90. The highest BCUT2D eigenvalue weighted by Crippen LogP contribution is 2.25. The van der Waals surface area contributed by atoms with E-state index in [1.54, 1.807) is 67.6 Å². The Balaban J connectivity index is 1.75. The van der Waals surface area contributed by atoms with E-state index in [2.05, 4.69) is 5.32 Å². The summed E-state index contributed by atoms with van der Waals surface area (Å²) in [4.78, 5) is 36.7. The Labute approximate surface area is 186 Å². The minimum absolute atomic E-state index is 0.142. The number of nitrogens with one attached hydrogen (secondary N) is 1. The van der Waals surface area contributed by atoms with Gasteiger partial charge in [0.2, 0.25) is 5.91 Å². The van der Waals surface area contributed by atoms with E-state index >= 15 is 0 Å². The van der Waals surface area contributed by atoms with Gasteiger partial charge in [0.25, 0.3) is 0 Å². The normalized spacial score (nSPS) is 22.6. The molecule has 2 aromatic rings.